The van der Waals surface area contributed by atoms with E-state index in [-0.39, 0.29) is 27.7 Å². The summed E-state index contributed by atoms with van der Waals surface area (Å²) in [7, 11) is 0. The number of hydrogen-bond donors (Lipinski definition) is 5. The van der Waals surface area contributed by atoms with Gasteiger partial charge >= 0.3 is 30.1 Å². The Morgan fingerprint density at radius 3 is 2.31 bits per heavy atom. The van der Waals surface area contributed by atoms with Gasteiger partial charge in [-0.05, 0) is 24.3 Å². The molecule has 2 rings (SSSR count). The van der Waals surface area contributed by atoms with Crippen molar-refractivity contribution >= 4 is 45.9 Å². The predicted octanol–water partition coefficient (Wildman–Crippen LogP) is 2.81. The zero-order valence-corrected chi connectivity index (χ0v) is 15.0. The molecule has 0 spiro atoms. The molecule has 0 aliphatic heterocycles. The molecule has 0 atom stereocenters. The van der Waals surface area contributed by atoms with E-state index in [4.69, 9.17) is 10.2 Å². The van der Waals surface area contributed by atoms with Crippen LogP contribution in [-0.2, 0) is 22.3 Å². The van der Waals surface area contributed by atoms with Gasteiger partial charge in [0.1, 0.15) is 5.00 Å². The summed E-state index contributed by atoms with van der Waals surface area (Å²) in [6.45, 7) is -0.224. The van der Waals surface area contributed by atoms with E-state index in [0.29, 0.717) is 0 Å². The molecule has 0 saturated carbocycles. The Hall–Kier alpha value is -3.61. The summed E-state index contributed by atoms with van der Waals surface area (Å²) >= 11 is 0.720. The third-order valence-electron chi connectivity index (χ3n) is 3.31. The van der Waals surface area contributed by atoms with E-state index in [1.54, 1.807) is 0 Å². The molecule has 0 aliphatic rings. The van der Waals surface area contributed by atoms with E-state index in [0.717, 1.165) is 35.6 Å². The van der Waals surface area contributed by atoms with Crippen molar-refractivity contribution in [2.24, 2.45) is 0 Å². The van der Waals surface area contributed by atoms with E-state index >= 15 is 0 Å². The maximum Gasteiger partial charge on any atom is 0.416 e. The SMILES string of the molecule is O=C(NCc1cc(C(=O)O)c(NC(=O)C(=O)O)s1)Nc1cccc(C(F)(F)F)c1. The van der Waals surface area contributed by atoms with Gasteiger partial charge in [0.15, 0.2) is 0 Å². The lowest BCUT2D eigenvalue weighted by molar-refractivity contribution is -0.147. The van der Waals surface area contributed by atoms with Gasteiger partial charge in [-0.15, -0.1) is 11.3 Å². The highest BCUT2D eigenvalue weighted by atomic mass is 32.1. The van der Waals surface area contributed by atoms with Gasteiger partial charge in [-0.1, -0.05) is 6.07 Å². The Morgan fingerprint density at radius 2 is 1.72 bits per heavy atom. The number of carboxylic acid groups (broad SMARTS) is 2. The van der Waals surface area contributed by atoms with Gasteiger partial charge in [0.25, 0.3) is 0 Å². The van der Waals surface area contributed by atoms with Crippen molar-refractivity contribution in [1.82, 2.24) is 5.32 Å². The number of halogens is 3. The van der Waals surface area contributed by atoms with E-state index in [2.05, 4.69) is 10.6 Å². The highest BCUT2D eigenvalue weighted by Crippen LogP contribution is 2.31. The van der Waals surface area contributed by atoms with Crippen LogP contribution < -0.4 is 16.0 Å². The fraction of sp³-hybridized carbons (Fsp3) is 0.125. The average Bonchev–Trinajstić information content (AvgIpc) is 3.02. The fourth-order valence-electron chi connectivity index (χ4n) is 2.05. The number of aliphatic carboxylic acids is 1. The van der Waals surface area contributed by atoms with Crippen LogP contribution in [0.1, 0.15) is 20.8 Å². The summed E-state index contributed by atoms with van der Waals surface area (Å²) < 4.78 is 38.0. The summed E-state index contributed by atoms with van der Waals surface area (Å²) in [5.74, 6) is -4.67. The van der Waals surface area contributed by atoms with Gasteiger partial charge in [0.2, 0.25) is 0 Å². The van der Waals surface area contributed by atoms with Gasteiger partial charge in [0, 0.05) is 10.6 Å². The standard InChI is InChI=1S/C16H12F3N3O6S/c17-16(18,19)7-2-1-3-8(4-7)21-15(28)20-6-9-5-10(13(24)25)12(29-9)22-11(23)14(26)27/h1-5H,6H2,(H,22,23)(H,24,25)(H,26,27)(H2,20,21,28). The van der Waals surface area contributed by atoms with E-state index in [1.807, 2.05) is 5.32 Å². The number of thiophene rings is 1. The summed E-state index contributed by atoms with van der Waals surface area (Å²) in [4.78, 5) is 45.1. The van der Waals surface area contributed by atoms with Crippen LogP contribution in [-0.4, -0.2) is 34.1 Å². The minimum Gasteiger partial charge on any atom is -0.478 e. The maximum atomic E-state index is 12.7. The van der Waals surface area contributed by atoms with Crippen molar-refractivity contribution in [3.05, 3.63) is 46.3 Å². The molecule has 5 N–H and O–H groups in total. The monoisotopic (exact) mass is 431 g/mol. The first-order valence-electron chi connectivity index (χ1n) is 7.59. The summed E-state index contributed by atoms with van der Waals surface area (Å²) in [6.07, 6.45) is -4.57. The number of amides is 3. The molecule has 1 heterocycles. The first-order valence-corrected chi connectivity index (χ1v) is 8.41. The molecule has 0 radical (unpaired) electrons. The molecule has 13 heteroatoms. The summed E-state index contributed by atoms with van der Waals surface area (Å²) in [5.41, 5.74) is -1.43. The average molecular weight is 431 g/mol. The summed E-state index contributed by atoms with van der Waals surface area (Å²) in [6, 6.07) is 4.22. The van der Waals surface area contributed by atoms with Crippen LogP contribution in [0, 0.1) is 0 Å². The smallest absolute Gasteiger partial charge is 0.416 e. The molecular formula is C16H12F3N3O6S. The molecule has 1 aromatic carbocycles. The van der Waals surface area contributed by atoms with Crippen LogP contribution in [0.25, 0.3) is 0 Å². The third kappa shape index (κ3) is 5.93. The number of carbonyl (C=O) groups is 4. The number of aromatic carboxylic acids is 1. The number of hydrogen-bond acceptors (Lipinski definition) is 5. The molecule has 0 saturated heterocycles. The second kappa shape index (κ2) is 8.60. The van der Waals surface area contributed by atoms with Crippen molar-refractivity contribution in [2.45, 2.75) is 12.7 Å². The van der Waals surface area contributed by atoms with Crippen LogP contribution in [0.15, 0.2) is 30.3 Å². The number of urea groups is 1. The summed E-state index contributed by atoms with van der Waals surface area (Å²) in [5, 5.41) is 23.9. The topological polar surface area (TPSA) is 145 Å². The minimum absolute atomic E-state index is 0.107. The predicted molar refractivity (Wildman–Crippen MR) is 94.8 cm³/mol. The third-order valence-corrected chi connectivity index (χ3v) is 4.36. The van der Waals surface area contributed by atoms with E-state index < -0.39 is 35.6 Å². The highest BCUT2D eigenvalue weighted by molar-refractivity contribution is 7.16. The quantitative estimate of drug-likeness (QED) is 0.461. The molecule has 154 valence electrons. The Balaban J connectivity index is 2.04. The Kier molecular flexibility index (Phi) is 6.43. The first kappa shape index (κ1) is 21.7. The lowest BCUT2D eigenvalue weighted by atomic mass is 10.2. The zero-order chi connectivity index (χ0) is 21.8. The minimum atomic E-state index is -4.57. The van der Waals surface area contributed by atoms with Crippen molar-refractivity contribution in [3.63, 3.8) is 0 Å². The van der Waals surface area contributed by atoms with Gasteiger partial charge in [-0.2, -0.15) is 13.2 Å². The molecule has 9 nitrogen and oxygen atoms in total. The number of benzene rings is 1. The van der Waals surface area contributed by atoms with Crippen LogP contribution in [0.3, 0.4) is 0 Å². The molecule has 0 unspecified atom stereocenters. The second-order valence-electron chi connectivity index (χ2n) is 5.41. The molecule has 0 aliphatic carbocycles. The highest BCUT2D eigenvalue weighted by Gasteiger charge is 2.30. The van der Waals surface area contributed by atoms with Gasteiger partial charge in [0.05, 0.1) is 17.7 Å². The van der Waals surface area contributed by atoms with Crippen molar-refractivity contribution in [3.8, 4) is 0 Å². The molecule has 1 aromatic heterocycles. The molecule has 29 heavy (non-hydrogen) atoms. The van der Waals surface area contributed by atoms with Gasteiger partial charge < -0.3 is 26.2 Å². The lowest BCUT2D eigenvalue weighted by Gasteiger charge is -2.10. The van der Waals surface area contributed by atoms with Crippen LogP contribution in [0.4, 0.5) is 28.7 Å². The molecule has 3 amide bonds. The van der Waals surface area contributed by atoms with Crippen molar-refractivity contribution in [1.29, 1.82) is 0 Å². The van der Waals surface area contributed by atoms with Gasteiger partial charge in [-0.25, -0.2) is 14.4 Å². The number of nitrogens with one attached hydrogen (secondary N) is 3. The van der Waals surface area contributed by atoms with Crippen LogP contribution in [0.5, 0.6) is 0 Å². The Labute approximate surface area is 164 Å². The van der Waals surface area contributed by atoms with Crippen LogP contribution >= 0.6 is 11.3 Å². The number of alkyl halides is 3. The number of rotatable bonds is 5. The largest absolute Gasteiger partial charge is 0.478 e. The van der Waals surface area contributed by atoms with E-state index in [1.165, 1.54) is 6.07 Å². The van der Waals surface area contributed by atoms with Gasteiger partial charge in [-0.3, -0.25) is 4.79 Å². The first-order chi connectivity index (χ1) is 13.5. The van der Waals surface area contributed by atoms with Crippen molar-refractivity contribution < 1.29 is 42.6 Å². The normalized spacial score (nSPS) is 10.9. The second-order valence-corrected chi connectivity index (χ2v) is 6.54. The Morgan fingerprint density at radius 1 is 1.03 bits per heavy atom. The van der Waals surface area contributed by atoms with E-state index in [9.17, 15) is 32.3 Å². The zero-order valence-electron chi connectivity index (χ0n) is 14.2. The van der Waals surface area contributed by atoms with Crippen LogP contribution in [0.2, 0.25) is 0 Å². The molecule has 0 bridgehead atoms. The Bertz CT molecular complexity index is 973. The van der Waals surface area contributed by atoms with Crippen molar-refractivity contribution in [2.75, 3.05) is 10.6 Å². The fourth-order valence-corrected chi connectivity index (χ4v) is 3.04. The number of carboxylic acids is 2. The maximum absolute atomic E-state index is 12.7. The lowest BCUT2D eigenvalue weighted by Crippen LogP contribution is -2.28. The number of anilines is 2. The molecule has 0 fully saturated rings. The molecular weight excluding hydrogens is 419 g/mol. The number of carbonyl (C=O) groups excluding carboxylic acids is 2. The molecule has 2 aromatic rings.